The summed E-state index contributed by atoms with van der Waals surface area (Å²) < 4.78 is 31.7. The van der Waals surface area contributed by atoms with Crippen molar-refractivity contribution in [1.82, 2.24) is 4.98 Å². The second-order valence-corrected chi connectivity index (χ2v) is 6.17. The highest BCUT2D eigenvalue weighted by atomic mass is 19.2. The molecule has 1 aliphatic rings. The van der Waals surface area contributed by atoms with E-state index in [2.05, 4.69) is 10.3 Å². The van der Waals surface area contributed by atoms with Gasteiger partial charge in [-0.2, -0.15) is 4.39 Å². The fourth-order valence-electron chi connectivity index (χ4n) is 2.73. The lowest BCUT2D eigenvalue weighted by atomic mass is 10.1. The highest BCUT2D eigenvalue weighted by molar-refractivity contribution is 6.04. The Morgan fingerprint density at radius 2 is 2.07 bits per heavy atom. The van der Waals surface area contributed by atoms with Gasteiger partial charge in [0.05, 0.1) is 18.5 Å². The van der Waals surface area contributed by atoms with Crippen LogP contribution in [0.1, 0.15) is 5.56 Å². The minimum atomic E-state index is -1.85. The van der Waals surface area contributed by atoms with Crippen molar-refractivity contribution in [3.63, 3.8) is 0 Å². The summed E-state index contributed by atoms with van der Waals surface area (Å²) in [6, 6.07) is 6.76. The van der Waals surface area contributed by atoms with E-state index in [1.165, 1.54) is 24.3 Å². The number of nitrogens with two attached hydrogens (primary N) is 1. The first-order valence-corrected chi connectivity index (χ1v) is 8.45. The van der Waals surface area contributed by atoms with Gasteiger partial charge in [0.25, 0.3) is 11.8 Å². The molecule has 9 nitrogen and oxygen atoms in total. The average Bonchev–Trinajstić information content (AvgIpc) is 2.70. The Morgan fingerprint density at radius 1 is 1.38 bits per heavy atom. The molecule has 2 aromatic rings. The maximum absolute atomic E-state index is 13.4. The number of anilines is 2. The molecule has 1 fully saturated rings. The number of hydrogen-bond donors (Lipinski definition) is 4. The molecule has 11 heteroatoms. The van der Waals surface area contributed by atoms with Gasteiger partial charge in [-0.3, -0.25) is 15.0 Å². The summed E-state index contributed by atoms with van der Waals surface area (Å²) in [5.41, 5.74) is 6.09. The van der Waals surface area contributed by atoms with Crippen molar-refractivity contribution in [3.8, 4) is 0 Å². The number of halogens is 2. The Bertz CT molecular complexity index is 954. The second-order valence-electron chi connectivity index (χ2n) is 6.17. The van der Waals surface area contributed by atoms with Crippen LogP contribution in [0, 0.1) is 17.2 Å². The minimum absolute atomic E-state index is 0.0168. The lowest BCUT2D eigenvalue weighted by Crippen LogP contribution is -2.55. The summed E-state index contributed by atoms with van der Waals surface area (Å²) in [4.78, 5) is 29.2. The number of morpholine rings is 1. The Morgan fingerprint density at radius 3 is 2.69 bits per heavy atom. The predicted molar refractivity (Wildman–Crippen MR) is 98.3 cm³/mol. The van der Waals surface area contributed by atoms with Crippen LogP contribution in [0.5, 0.6) is 0 Å². The average molecular weight is 405 g/mol. The van der Waals surface area contributed by atoms with Crippen LogP contribution < -0.4 is 16.0 Å². The van der Waals surface area contributed by atoms with Gasteiger partial charge in [-0.25, -0.2) is 9.37 Å². The third-order valence-corrected chi connectivity index (χ3v) is 4.23. The third-order valence-electron chi connectivity index (χ3n) is 4.23. The number of hydrogen-bond acceptors (Lipinski definition) is 6. The van der Waals surface area contributed by atoms with Crippen molar-refractivity contribution in [3.05, 3.63) is 53.9 Å². The van der Waals surface area contributed by atoms with E-state index >= 15 is 0 Å². The fraction of sp³-hybridized carbons (Fsp3) is 0.222. The van der Waals surface area contributed by atoms with Crippen molar-refractivity contribution in [2.24, 2.45) is 5.73 Å². The first-order valence-electron chi connectivity index (χ1n) is 8.45. The van der Waals surface area contributed by atoms with E-state index < -0.39 is 35.8 Å². The van der Waals surface area contributed by atoms with E-state index in [-0.39, 0.29) is 24.7 Å². The van der Waals surface area contributed by atoms with E-state index in [1.54, 1.807) is 0 Å². The summed E-state index contributed by atoms with van der Waals surface area (Å²) in [5.74, 6) is -4.37. The Kier molecular flexibility index (Phi) is 5.80. The standard InChI is InChI=1S/C18H17F2N5O4/c19-12-7-11(8-23-15(12)20)25-5-6-29-14(18(25)28)13(26)17(27)24-10-3-1-9(2-4-10)16(21)22/h1-4,7-8,13-14,26H,5-6H2,(H3,21,22)(H,24,27)/t13-,14-/m1/s1. The van der Waals surface area contributed by atoms with Crippen molar-refractivity contribution in [2.75, 3.05) is 23.4 Å². The summed E-state index contributed by atoms with van der Waals surface area (Å²) in [6.07, 6.45) is -2.41. The molecule has 0 bridgehead atoms. The van der Waals surface area contributed by atoms with E-state index in [1.807, 2.05) is 0 Å². The van der Waals surface area contributed by atoms with E-state index in [0.717, 1.165) is 17.2 Å². The van der Waals surface area contributed by atoms with E-state index in [0.29, 0.717) is 11.3 Å². The largest absolute Gasteiger partial charge is 0.384 e. The van der Waals surface area contributed by atoms with Crippen LogP contribution in [0.25, 0.3) is 0 Å². The van der Waals surface area contributed by atoms with Gasteiger partial charge in [-0.1, -0.05) is 0 Å². The van der Waals surface area contributed by atoms with Gasteiger partial charge in [0.2, 0.25) is 5.95 Å². The summed E-state index contributed by atoms with van der Waals surface area (Å²) in [7, 11) is 0. The predicted octanol–water partition coefficient (Wildman–Crippen LogP) is 0.375. The number of pyridine rings is 1. The fourth-order valence-corrected chi connectivity index (χ4v) is 2.73. The number of amidine groups is 1. The molecule has 0 spiro atoms. The molecule has 152 valence electrons. The van der Waals surface area contributed by atoms with Crippen LogP contribution in [-0.2, 0) is 14.3 Å². The Labute approximate surface area is 163 Å². The number of ether oxygens (including phenoxy) is 1. The van der Waals surface area contributed by atoms with Crippen LogP contribution in [0.15, 0.2) is 36.5 Å². The molecule has 0 aliphatic carbocycles. The number of carbonyl (C=O) groups is 2. The molecule has 2 atom stereocenters. The molecule has 0 unspecified atom stereocenters. The summed E-state index contributed by atoms with van der Waals surface area (Å²) >= 11 is 0. The molecular formula is C18H17F2N5O4. The monoisotopic (exact) mass is 405 g/mol. The van der Waals surface area contributed by atoms with Gasteiger partial charge in [-0.15, -0.1) is 0 Å². The molecule has 1 aromatic heterocycles. The molecule has 5 N–H and O–H groups in total. The molecule has 1 saturated heterocycles. The number of nitrogens with zero attached hydrogens (tertiary/aromatic N) is 2. The molecule has 0 saturated carbocycles. The zero-order chi connectivity index (χ0) is 21.1. The maximum atomic E-state index is 13.4. The highest BCUT2D eigenvalue weighted by Crippen LogP contribution is 2.22. The van der Waals surface area contributed by atoms with Crippen molar-refractivity contribution in [2.45, 2.75) is 12.2 Å². The lowest BCUT2D eigenvalue weighted by molar-refractivity contribution is -0.150. The molecule has 2 amide bonds. The van der Waals surface area contributed by atoms with Crippen LogP contribution in [0.2, 0.25) is 0 Å². The van der Waals surface area contributed by atoms with Crippen LogP contribution in [-0.4, -0.2) is 53.1 Å². The van der Waals surface area contributed by atoms with Gasteiger partial charge in [0.15, 0.2) is 18.0 Å². The van der Waals surface area contributed by atoms with Gasteiger partial charge >= 0.3 is 0 Å². The van der Waals surface area contributed by atoms with E-state index in [4.69, 9.17) is 15.9 Å². The van der Waals surface area contributed by atoms with Crippen molar-refractivity contribution in [1.29, 1.82) is 5.41 Å². The topological polar surface area (TPSA) is 142 Å². The maximum Gasteiger partial charge on any atom is 0.259 e. The summed E-state index contributed by atoms with van der Waals surface area (Å²) in [6.45, 7) is -0.0179. The highest BCUT2D eigenvalue weighted by Gasteiger charge is 2.39. The van der Waals surface area contributed by atoms with Gasteiger partial charge < -0.3 is 25.8 Å². The molecule has 0 radical (unpaired) electrons. The third kappa shape index (κ3) is 4.36. The molecule has 1 aromatic carbocycles. The van der Waals surface area contributed by atoms with Gasteiger partial charge in [0, 0.05) is 23.9 Å². The molecule has 29 heavy (non-hydrogen) atoms. The van der Waals surface area contributed by atoms with Crippen LogP contribution >= 0.6 is 0 Å². The van der Waals surface area contributed by atoms with Gasteiger partial charge in [-0.05, 0) is 24.3 Å². The number of amides is 2. The molecule has 3 rings (SSSR count). The lowest BCUT2D eigenvalue weighted by Gasteiger charge is -2.33. The zero-order valence-corrected chi connectivity index (χ0v) is 14.9. The molecule has 1 aliphatic heterocycles. The number of aliphatic hydroxyl groups is 1. The number of aliphatic hydroxyl groups excluding tert-OH is 1. The Hall–Kier alpha value is -3.44. The van der Waals surface area contributed by atoms with Gasteiger partial charge in [0.1, 0.15) is 5.84 Å². The number of carbonyl (C=O) groups excluding carboxylic acids is 2. The number of nitrogens with one attached hydrogen (secondary N) is 2. The Balaban J connectivity index is 1.71. The second kappa shape index (κ2) is 8.29. The number of benzene rings is 1. The minimum Gasteiger partial charge on any atom is -0.384 e. The summed E-state index contributed by atoms with van der Waals surface area (Å²) in [5, 5.41) is 20.0. The number of rotatable bonds is 5. The normalized spacial score (nSPS) is 17.7. The van der Waals surface area contributed by atoms with Crippen molar-refractivity contribution >= 4 is 29.0 Å². The first-order chi connectivity index (χ1) is 13.8. The SMILES string of the molecule is N=C(N)c1ccc(NC(=O)[C@H](O)[C@H]2OCCN(c3cnc(F)c(F)c3)C2=O)cc1. The molecular weight excluding hydrogens is 388 g/mol. The first kappa shape index (κ1) is 20.3. The number of aromatic nitrogens is 1. The van der Waals surface area contributed by atoms with Crippen LogP contribution in [0.3, 0.4) is 0 Å². The smallest absolute Gasteiger partial charge is 0.259 e. The molecule has 2 heterocycles. The quantitative estimate of drug-likeness (QED) is 0.322. The van der Waals surface area contributed by atoms with E-state index in [9.17, 15) is 23.5 Å². The van der Waals surface area contributed by atoms with Crippen LogP contribution in [0.4, 0.5) is 20.2 Å². The van der Waals surface area contributed by atoms with Crippen molar-refractivity contribution < 1.29 is 28.2 Å². The number of nitrogen functional groups attached to an aromatic ring is 1. The zero-order valence-electron chi connectivity index (χ0n) is 14.9.